The van der Waals surface area contributed by atoms with E-state index in [9.17, 15) is 4.79 Å². The Balaban J connectivity index is 2.07. The van der Waals surface area contributed by atoms with Gasteiger partial charge >= 0.3 is 0 Å². The lowest BCUT2D eigenvalue weighted by Crippen LogP contribution is -2.40. The Bertz CT molecular complexity index is 201. The third kappa shape index (κ3) is 3.47. The van der Waals surface area contributed by atoms with Gasteiger partial charge < -0.3 is 10.6 Å². The first-order valence-corrected chi connectivity index (χ1v) is 4.79. The van der Waals surface area contributed by atoms with Crippen molar-refractivity contribution in [1.82, 2.24) is 10.6 Å². The molecule has 1 aliphatic heterocycles. The number of amides is 1. The molecule has 1 heterocycles. The number of hydrogen-bond donors (Lipinski definition) is 2. The number of carbonyl (C=O) groups is 1. The van der Waals surface area contributed by atoms with E-state index in [2.05, 4.69) is 16.6 Å². The average molecular weight is 180 g/mol. The lowest BCUT2D eigenvalue weighted by molar-refractivity contribution is -0.122. The average Bonchev–Trinajstić information content (AvgIpc) is 2.65. The van der Waals surface area contributed by atoms with Crippen LogP contribution in [0.2, 0.25) is 0 Å². The van der Waals surface area contributed by atoms with Crippen molar-refractivity contribution in [3.8, 4) is 12.3 Å². The molecule has 0 radical (unpaired) electrons. The Morgan fingerprint density at radius 3 is 3.15 bits per heavy atom. The quantitative estimate of drug-likeness (QED) is 0.481. The second-order valence-corrected chi connectivity index (χ2v) is 3.25. The fourth-order valence-corrected chi connectivity index (χ4v) is 1.43. The van der Waals surface area contributed by atoms with Crippen LogP contribution in [0.1, 0.15) is 25.7 Å². The number of hydrogen-bond acceptors (Lipinski definition) is 2. The van der Waals surface area contributed by atoms with Crippen molar-refractivity contribution >= 4 is 5.91 Å². The van der Waals surface area contributed by atoms with Crippen molar-refractivity contribution in [3.63, 3.8) is 0 Å². The van der Waals surface area contributed by atoms with Crippen molar-refractivity contribution < 1.29 is 4.79 Å². The molecule has 1 aliphatic rings. The van der Waals surface area contributed by atoms with Gasteiger partial charge in [-0.15, -0.1) is 12.3 Å². The van der Waals surface area contributed by atoms with Crippen molar-refractivity contribution in [1.29, 1.82) is 0 Å². The van der Waals surface area contributed by atoms with Crippen LogP contribution in [0.15, 0.2) is 0 Å². The van der Waals surface area contributed by atoms with Gasteiger partial charge in [-0.1, -0.05) is 0 Å². The molecule has 72 valence electrons. The van der Waals surface area contributed by atoms with Crippen LogP contribution in [0, 0.1) is 12.3 Å². The predicted octanol–water partition coefficient (Wildman–Crippen LogP) is 0.268. The molecule has 1 rings (SSSR count). The molecule has 2 N–H and O–H groups in total. The molecule has 1 amide bonds. The maximum Gasteiger partial charge on any atom is 0.237 e. The second-order valence-electron chi connectivity index (χ2n) is 3.25. The van der Waals surface area contributed by atoms with Gasteiger partial charge in [-0.3, -0.25) is 4.79 Å². The van der Waals surface area contributed by atoms with E-state index in [0.717, 1.165) is 32.2 Å². The maximum atomic E-state index is 11.4. The standard InChI is InChI=1S/C10H16N2O/c1-2-3-4-7-12-10(13)9-6-5-8-11-9/h1,9,11H,3-8H2,(H,12,13)/t9-/m1/s1. The molecule has 0 aliphatic carbocycles. The molecule has 13 heavy (non-hydrogen) atoms. The van der Waals surface area contributed by atoms with Crippen molar-refractivity contribution in [2.24, 2.45) is 0 Å². The zero-order valence-corrected chi connectivity index (χ0v) is 7.81. The van der Waals surface area contributed by atoms with Crippen molar-refractivity contribution in [3.05, 3.63) is 0 Å². The summed E-state index contributed by atoms with van der Waals surface area (Å²) in [7, 11) is 0. The van der Waals surface area contributed by atoms with E-state index in [0.29, 0.717) is 6.54 Å². The Morgan fingerprint density at radius 1 is 1.69 bits per heavy atom. The van der Waals surface area contributed by atoms with Gasteiger partial charge in [-0.2, -0.15) is 0 Å². The van der Waals surface area contributed by atoms with Crippen LogP contribution in [0.25, 0.3) is 0 Å². The number of carbonyl (C=O) groups excluding carboxylic acids is 1. The van der Waals surface area contributed by atoms with Gasteiger partial charge in [0.05, 0.1) is 6.04 Å². The molecule has 0 aromatic carbocycles. The lowest BCUT2D eigenvalue weighted by Gasteiger charge is -2.09. The predicted molar refractivity (Wildman–Crippen MR) is 52.1 cm³/mol. The van der Waals surface area contributed by atoms with Gasteiger partial charge in [-0.05, 0) is 25.8 Å². The van der Waals surface area contributed by atoms with E-state index in [1.54, 1.807) is 0 Å². The molecule has 3 heteroatoms. The summed E-state index contributed by atoms with van der Waals surface area (Å²) < 4.78 is 0. The molecule has 3 nitrogen and oxygen atoms in total. The Kier molecular flexibility index (Phi) is 4.34. The van der Waals surface area contributed by atoms with E-state index in [-0.39, 0.29) is 11.9 Å². The zero-order valence-electron chi connectivity index (χ0n) is 7.81. The van der Waals surface area contributed by atoms with Crippen LogP contribution in [0.4, 0.5) is 0 Å². The summed E-state index contributed by atoms with van der Waals surface area (Å²) in [6.07, 6.45) is 8.76. The molecule has 1 saturated heterocycles. The topological polar surface area (TPSA) is 41.1 Å². The Morgan fingerprint density at radius 2 is 2.54 bits per heavy atom. The summed E-state index contributed by atoms with van der Waals surface area (Å²) in [5.41, 5.74) is 0. The molecule has 0 bridgehead atoms. The second kappa shape index (κ2) is 5.60. The van der Waals surface area contributed by atoms with Crippen molar-refractivity contribution in [2.75, 3.05) is 13.1 Å². The fraction of sp³-hybridized carbons (Fsp3) is 0.700. The molecular weight excluding hydrogens is 164 g/mol. The highest BCUT2D eigenvalue weighted by Gasteiger charge is 2.20. The summed E-state index contributed by atoms with van der Waals surface area (Å²) >= 11 is 0. The summed E-state index contributed by atoms with van der Waals surface area (Å²) in [6, 6.07) is 0.0332. The van der Waals surface area contributed by atoms with E-state index in [1.807, 2.05) is 0 Å². The minimum Gasteiger partial charge on any atom is -0.355 e. The number of unbranched alkanes of at least 4 members (excludes halogenated alkanes) is 1. The molecular formula is C10H16N2O. The lowest BCUT2D eigenvalue weighted by atomic mass is 10.2. The van der Waals surface area contributed by atoms with Gasteiger partial charge in [0.15, 0.2) is 0 Å². The monoisotopic (exact) mass is 180 g/mol. The maximum absolute atomic E-state index is 11.4. The first-order chi connectivity index (χ1) is 6.34. The Labute approximate surface area is 79.3 Å². The summed E-state index contributed by atoms with van der Waals surface area (Å²) in [5, 5.41) is 6.01. The molecule has 0 unspecified atom stereocenters. The van der Waals surface area contributed by atoms with Gasteiger partial charge in [-0.25, -0.2) is 0 Å². The summed E-state index contributed by atoms with van der Waals surface area (Å²) in [6.45, 7) is 1.66. The van der Waals surface area contributed by atoms with Crippen LogP contribution in [0.5, 0.6) is 0 Å². The van der Waals surface area contributed by atoms with Crippen LogP contribution < -0.4 is 10.6 Å². The molecule has 0 aromatic heterocycles. The van der Waals surface area contributed by atoms with E-state index < -0.39 is 0 Å². The van der Waals surface area contributed by atoms with E-state index >= 15 is 0 Å². The van der Waals surface area contributed by atoms with Gasteiger partial charge in [0.1, 0.15) is 0 Å². The molecule has 0 spiro atoms. The van der Waals surface area contributed by atoms with Crippen LogP contribution in [0.3, 0.4) is 0 Å². The van der Waals surface area contributed by atoms with Crippen molar-refractivity contribution in [2.45, 2.75) is 31.7 Å². The Hall–Kier alpha value is -1.01. The van der Waals surface area contributed by atoms with Gasteiger partial charge in [0, 0.05) is 13.0 Å². The molecule has 1 fully saturated rings. The minimum atomic E-state index is 0.0332. The normalized spacial score (nSPS) is 21.0. The number of nitrogens with one attached hydrogen (secondary N) is 2. The summed E-state index contributed by atoms with van der Waals surface area (Å²) in [5.74, 6) is 2.66. The highest BCUT2D eigenvalue weighted by atomic mass is 16.2. The zero-order chi connectivity index (χ0) is 9.52. The number of rotatable bonds is 4. The third-order valence-electron chi connectivity index (χ3n) is 2.17. The first kappa shape index (κ1) is 10.1. The van der Waals surface area contributed by atoms with Gasteiger partial charge in [0.2, 0.25) is 5.91 Å². The third-order valence-corrected chi connectivity index (χ3v) is 2.17. The molecule has 0 aromatic rings. The van der Waals surface area contributed by atoms with Crippen LogP contribution in [-0.4, -0.2) is 25.0 Å². The summed E-state index contributed by atoms with van der Waals surface area (Å²) in [4.78, 5) is 11.4. The highest BCUT2D eigenvalue weighted by molar-refractivity contribution is 5.81. The van der Waals surface area contributed by atoms with Crippen LogP contribution >= 0.6 is 0 Å². The SMILES string of the molecule is C#CCCCNC(=O)[C@H]1CCCN1. The number of terminal acetylenes is 1. The van der Waals surface area contributed by atoms with E-state index in [1.165, 1.54) is 0 Å². The highest BCUT2D eigenvalue weighted by Crippen LogP contribution is 2.04. The fourth-order valence-electron chi connectivity index (χ4n) is 1.43. The van der Waals surface area contributed by atoms with E-state index in [4.69, 9.17) is 6.42 Å². The first-order valence-electron chi connectivity index (χ1n) is 4.79. The smallest absolute Gasteiger partial charge is 0.237 e. The molecule has 1 atom stereocenters. The largest absolute Gasteiger partial charge is 0.355 e. The van der Waals surface area contributed by atoms with Crippen LogP contribution in [-0.2, 0) is 4.79 Å². The minimum absolute atomic E-state index is 0.0332. The molecule has 0 saturated carbocycles. The van der Waals surface area contributed by atoms with Gasteiger partial charge in [0.25, 0.3) is 0 Å².